The van der Waals surface area contributed by atoms with E-state index in [-0.39, 0.29) is 23.4 Å². The number of hydrogen-bond donors (Lipinski definition) is 2. The first-order chi connectivity index (χ1) is 14.0. The second-order valence-electron chi connectivity index (χ2n) is 8.35. The molecular weight excluding hydrogens is 372 g/mol. The number of methoxy groups -OCH3 is 1. The van der Waals surface area contributed by atoms with Crippen molar-refractivity contribution in [1.29, 1.82) is 0 Å². The molecule has 2 bridgehead atoms. The summed E-state index contributed by atoms with van der Waals surface area (Å²) in [5, 5.41) is 24.5. The predicted octanol–water partition coefficient (Wildman–Crippen LogP) is 4.60. The van der Waals surface area contributed by atoms with Gasteiger partial charge in [0.05, 0.1) is 23.6 Å². The number of carbonyl (C=O) groups is 1. The minimum atomic E-state index is -0.916. The fourth-order valence-corrected chi connectivity index (χ4v) is 5.99. The fraction of sp³-hybridized carbons (Fsp3) is 0.409. The summed E-state index contributed by atoms with van der Waals surface area (Å²) in [4.78, 5) is 22.6. The Balaban J connectivity index is 1.61. The SMILES string of the molecule is COc1ccc([C@@H]2Nc3ccc(C(=O)O)cc3[C@H]3[C@H]4CC[C@@H](C4)[C@H]32)cc1[N+](=O)[O-]. The molecule has 1 aliphatic heterocycles. The van der Waals surface area contributed by atoms with Gasteiger partial charge in [-0.1, -0.05) is 6.07 Å². The van der Waals surface area contributed by atoms with Crippen molar-refractivity contribution in [2.24, 2.45) is 17.8 Å². The van der Waals surface area contributed by atoms with Gasteiger partial charge < -0.3 is 15.2 Å². The largest absolute Gasteiger partial charge is 0.490 e. The molecule has 2 aromatic carbocycles. The summed E-state index contributed by atoms with van der Waals surface area (Å²) < 4.78 is 5.16. The molecule has 7 nitrogen and oxygen atoms in total. The number of carboxylic acid groups (broad SMARTS) is 1. The van der Waals surface area contributed by atoms with Gasteiger partial charge >= 0.3 is 11.7 Å². The highest BCUT2D eigenvalue weighted by atomic mass is 16.6. The first-order valence-corrected chi connectivity index (χ1v) is 9.94. The molecule has 1 heterocycles. The molecule has 2 aliphatic carbocycles. The third-order valence-corrected chi connectivity index (χ3v) is 7.09. The van der Waals surface area contributed by atoms with E-state index in [9.17, 15) is 20.0 Å². The lowest BCUT2D eigenvalue weighted by atomic mass is 9.68. The first kappa shape index (κ1) is 18.0. The summed E-state index contributed by atoms with van der Waals surface area (Å²) in [5.74, 6) is 1.02. The first-order valence-electron chi connectivity index (χ1n) is 9.94. The van der Waals surface area contributed by atoms with E-state index >= 15 is 0 Å². The number of ether oxygens (including phenoxy) is 1. The molecule has 3 aliphatic rings. The molecule has 5 atom stereocenters. The van der Waals surface area contributed by atoms with E-state index in [1.165, 1.54) is 7.11 Å². The zero-order chi connectivity index (χ0) is 20.3. The molecular formula is C22H22N2O5. The van der Waals surface area contributed by atoms with Gasteiger partial charge in [-0.15, -0.1) is 0 Å². The molecule has 0 unspecified atom stereocenters. The Bertz CT molecular complexity index is 1020. The van der Waals surface area contributed by atoms with Crippen LogP contribution >= 0.6 is 0 Å². The summed E-state index contributed by atoms with van der Waals surface area (Å²) in [5.41, 5.74) is 3.19. The maximum absolute atomic E-state index is 11.5. The van der Waals surface area contributed by atoms with Crippen molar-refractivity contribution in [2.45, 2.75) is 31.2 Å². The van der Waals surface area contributed by atoms with Crippen LogP contribution in [0, 0.1) is 27.9 Å². The van der Waals surface area contributed by atoms with Gasteiger partial charge in [-0.25, -0.2) is 4.79 Å². The smallest absolute Gasteiger partial charge is 0.335 e. The number of aromatic carboxylic acids is 1. The number of nitrogens with one attached hydrogen (secondary N) is 1. The quantitative estimate of drug-likeness (QED) is 0.580. The second-order valence-corrected chi connectivity index (χ2v) is 8.35. The van der Waals surface area contributed by atoms with Gasteiger partial charge in [0, 0.05) is 11.8 Å². The monoisotopic (exact) mass is 394 g/mol. The molecule has 2 fully saturated rings. The minimum absolute atomic E-state index is 0.0291. The molecule has 0 spiro atoms. The lowest BCUT2D eigenvalue weighted by molar-refractivity contribution is -0.385. The van der Waals surface area contributed by atoms with E-state index in [1.54, 1.807) is 18.2 Å². The Morgan fingerprint density at radius 3 is 2.72 bits per heavy atom. The van der Waals surface area contributed by atoms with Crippen LogP contribution in [0.4, 0.5) is 11.4 Å². The summed E-state index contributed by atoms with van der Waals surface area (Å²) >= 11 is 0. The van der Waals surface area contributed by atoms with Crippen LogP contribution in [0.25, 0.3) is 0 Å². The maximum Gasteiger partial charge on any atom is 0.335 e. The highest BCUT2D eigenvalue weighted by Crippen LogP contribution is 2.63. The van der Waals surface area contributed by atoms with E-state index in [2.05, 4.69) is 5.32 Å². The minimum Gasteiger partial charge on any atom is -0.490 e. The zero-order valence-electron chi connectivity index (χ0n) is 16.0. The van der Waals surface area contributed by atoms with Gasteiger partial charge in [-0.2, -0.15) is 0 Å². The van der Waals surface area contributed by atoms with Crippen molar-refractivity contribution in [3.05, 3.63) is 63.2 Å². The Kier molecular flexibility index (Phi) is 4.01. The number of carboxylic acids is 1. The molecule has 0 amide bonds. The van der Waals surface area contributed by atoms with Crippen LogP contribution in [0.2, 0.25) is 0 Å². The van der Waals surface area contributed by atoms with Gasteiger partial charge in [0.1, 0.15) is 0 Å². The average molecular weight is 394 g/mol. The fourth-order valence-electron chi connectivity index (χ4n) is 5.99. The van der Waals surface area contributed by atoms with E-state index < -0.39 is 10.9 Å². The molecule has 29 heavy (non-hydrogen) atoms. The zero-order valence-corrected chi connectivity index (χ0v) is 16.0. The normalized spacial score (nSPS) is 28.9. The Morgan fingerprint density at radius 1 is 1.21 bits per heavy atom. The van der Waals surface area contributed by atoms with Gasteiger partial charge in [-0.05, 0) is 78.3 Å². The predicted molar refractivity (Wildman–Crippen MR) is 106 cm³/mol. The number of anilines is 1. The maximum atomic E-state index is 11.5. The van der Waals surface area contributed by atoms with Crippen LogP contribution in [0.3, 0.4) is 0 Å². The summed E-state index contributed by atoms with van der Waals surface area (Å²) in [6.45, 7) is 0. The van der Waals surface area contributed by atoms with Crippen LogP contribution in [-0.2, 0) is 0 Å². The van der Waals surface area contributed by atoms with Crippen LogP contribution in [-0.4, -0.2) is 23.1 Å². The summed E-state index contributed by atoms with van der Waals surface area (Å²) in [6, 6.07) is 10.4. The van der Waals surface area contributed by atoms with Crippen molar-refractivity contribution in [3.63, 3.8) is 0 Å². The Morgan fingerprint density at radius 2 is 2.00 bits per heavy atom. The molecule has 5 rings (SSSR count). The van der Waals surface area contributed by atoms with E-state index in [4.69, 9.17) is 4.74 Å². The molecule has 150 valence electrons. The number of hydrogen-bond acceptors (Lipinski definition) is 5. The lowest BCUT2D eigenvalue weighted by Crippen LogP contribution is -2.35. The van der Waals surface area contributed by atoms with Crippen molar-refractivity contribution < 1.29 is 19.6 Å². The Hall–Kier alpha value is -3.09. The lowest BCUT2D eigenvalue weighted by Gasteiger charge is -2.43. The molecule has 2 N–H and O–H groups in total. The second kappa shape index (κ2) is 6.47. The standard InChI is InChI=1S/C22H22N2O5/c1-29-18-7-5-13(10-17(18)24(27)28)21-20-12-3-2-11(8-12)19(20)15-9-14(22(25)26)4-6-16(15)23-21/h4-7,9-12,19-21,23H,2-3,8H2,1H3,(H,25,26)/t11-,12-,19+,20+,21-/m0/s1. The Labute approximate surface area is 167 Å². The third-order valence-electron chi connectivity index (χ3n) is 7.09. The number of fused-ring (bicyclic) bond motifs is 7. The third kappa shape index (κ3) is 2.68. The van der Waals surface area contributed by atoms with Gasteiger partial charge in [0.2, 0.25) is 0 Å². The van der Waals surface area contributed by atoms with Crippen LogP contribution in [0.5, 0.6) is 5.75 Å². The molecule has 7 heteroatoms. The van der Waals surface area contributed by atoms with Crippen LogP contribution in [0.1, 0.15) is 52.7 Å². The molecule has 2 aromatic rings. The molecule has 2 saturated carbocycles. The molecule has 0 aromatic heterocycles. The number of rotatable bonds is 4. The van der Waals surface area contributed by atoms with Gasteiger partial charge in [-0.3, -0.25) is 10.1 Å². The number of nitrogens with zero attached hydrogens (tertiary/aromatic N) is 1. The topological polar surface area (TPSA) is 102 Å². The van der Waals surface area contributed by atoms with Gasteiger partial charge in [0.15, 0.2) is 5.75 Å². The van der Waals surface area contributed by atoms with E-state index in [1.807, 2.05) is 18.2 Å². The van der Waals surface area contributed by atoms with E-state index in [0.717, 1.165) is 36.1 Å². The van der Waals surface area contributed by atoms with Crippen LogP contribution < -0.4 is 10.1 Å². The molecule has 0 radical (unpaired) electrons. The van der Waals surface area contributed by atoms with Crippen molar-refractivity contribution in [1.82, 2.24) is 0 Å². The summed E-state index contributed by atoms with van der Waals surface area (Å²) in [6.07, 6.45) is 3.47. The number of benzene rings is 2. The van der Waals surface area contributed by atoms with E-state index in [0.29, 0.717) is 23.3 Å². The highest BCUT2D eigenvalue weighted by molar-refractivity contribution is 5.88. The van der Waals surface area contributed by atoms with Crippen molar-refractivity contribution in [3.8, 4) is 5.75 Å². The highest BCUT2D eigenvalue weighted by Gasteiger charge is 2.54. The van der Waals surface area contributed by atoms with Crippen molar-refractivity contribution >= 4 is 17.3 Å². The van der Waals surface area contributed by atoms with Crippen molar-refractivity contribution in [2.75, 3.05) is 12.4 Å². The average Bonchev–Trinajstić information content (AvgIpc) is 3.34. The van der Waals surface area contributed by atoms with Gasteiger partial charge in [0.25, 0.3) is 0 Å². The summed E-state index contributed by atoms with van der Waals surface area (Å²) in [7, 11) is 1.43. The van der Waals surface area contributed by atoms with Crippen LogP contribution in [0.15, 0.2) is 36.4 Å². The number of nitro benzene ring substituents is 1. The number of nitro groups is 1. The molecule has 0 saturated heterocycles.